The van der Waals surface area contributed by atoms with Crippen molar-refractivity contribution >= 4 is 40.5 Å². The normalized spacial score (nSPS) is 10.4. The molecule has 0 amide bonds. The summed E-state index contributed by atoms with van der Waals surface area (Å²) in [6.07, 6.45) is 0. The molecule has 2 aromatic rings. The predicted molar refractivity (Wildman–Crippen MR) is 83.0 cm³/mol. The molecule has 0 radical (unpaired) electrons. The molecule has 0 aliphatic carbocycles. The minimum atomic E-state index is 0.508. The molecule has 3 nitrogen and oxygen atoms in total. The summed E-state index contributed by atoms with van der Waals surface area (Å²) in [4.78, 5) is 6.38. The first-order valence-corrected chi connectivity index (χ1v) is 6.62. The molecular formula is C14H15Cl2N3. The van der Waals surface area contributed by atoms with E-state index in [0.717, 1.165) is 5.69 Å². The highest BCUT2D eigenvalue weighted by Gasteiger charge is 2.13. The summed E-state index contributed by atoms with van der Waals surface area (Å²) in [6.45, 7) is 2.05. The van der Waals surface area contributed by atoms with Crippen LogP contribution in [0.4, 0.5) is 17.3 Å². The summed E-state index contributed by atoms with van der Waals surface area (Å²) in [5.41, 5.74) is 2.21. The molecule has 1 aromatic heterocycles. The van der Waals surface area contributed by atoms with Gasteiger partial charge in [-0.05, 0) is 30.7 Å². The molecule has 5 heteroatoms. The molecule has 2 rings (SSSR count). The number of nitrogens with one attached hydrogen (secondary N) is 1. The zero-order chi connectivity index (χ0) is 14.0. The van der Waals surface area contributed by atoms with Gasteiger partial charge in [0.2, 0.25) is 0 Å². The van der Waals surface area contributed by atoms with Crippen LogP contribution in [0.2, 0.25) is 10.0 Å². The van der Waals surface area contributed by atoms with Gasteiger partial charge in [0, 0.05) is 19.8 Å². The second kappa shape index (κ2) is 5.68. The second-order valence-electron chi connectivity index (χ2n) is 4.27. The number of hydrogen-bond donors (Lipinski definition) is 1. The maximum absolute atomic E-state index is 6.23. The Bertz CT molecular complexity index is 599. The third kappa shape index (κ3) is 2.94. The van der Waals surface area contributed by atoms with Crippen LogP contribution in [0.25, 0.3) is 0 Å². The monoisotopic (exact) mass is 295 g/mol. The Balaban J connectivity index is 2.46. The largest absolute Gasteiger partial charge is 0.372 e. The summed E-state index contributed by atoms with van der Waals surface area (Å²) in [5.74, 6) is 1.28. The van der Waals surface area contributed by atoms with Crippen molar-refractivity contribution < 1.29 is 0 Å². The lowest BCUT2D eigenvalue weighted by Crippen LogP contribution is -2.13. The molecule has 19 heavy (non-hydrogen) atoms. The smallest absolute Gasteiger partial charge is 0.154 e. The van der Waals surface area contributed by atoms with Crippen molar-refractivity contribution in [3.63, 3.8) is 0 Å². The van der Waals surface area contributed by atoms with Crippen LogP contribution in [-0.2, 0) is 0 Å². The van der Waals surface area contributed by atoms with Gasteiger partial charge in [-0.3, -0.25) is 0 Å². The van der Waals surface area contributed by atoms with Gasteiger partial charge in [0.25, 0.3) is 0 Å². The van der Waals surface area contributed by atoms with Gasteiger partial charge in [-0.15, -0.1) is 0 Å². The average molecular weight is 296 g/mol. The van der Waals surface area contributed by atoms with E-state index in [-0.39, 0.29) is 0 Å². The van der Waals surface area contributed by atoms with E-state index in [1.807, 2.05) is 37.1 Å². The summed E-state index contributed by atoms with van der Waals surface area (Å²) in [5, 5.41) is 3.98. The molecule has 0 unspecified atom stereocenters. The Kier molecular flexibility index (Phi) is 4.17. The lowest BCUT2D eigenvalue weighted by atomic mass is 10.2. The number of hydrogen-bond acceptors (Lipinski definition) is 3. The zero-order valence-electron chi connectivity index (χ0n) is 11.0. The van der Waals surface area contributed by atoms with E-state index in [9.17, 15) is 0 Å². The molecule has 100 valence electrons. The molecule has 0 bridgehead atoms. The fourth-order valence-corrected chi connectivity index (χ4v) is 2.41. The summed E-state index contributed by atoms with van der Waals surface area (Å²) >= 11 is 12.3. The summed E-state index contributed by atoms with van der Waals surface area (Å²) < 4.78 is 0. The highest BCUT2D eigenvalue weighted by atomic mass is 35.5. The number of anilines is 3. The van der Waals surface area contributed by atoms with Gasteiger partial charge in [0.1, 0.15) is 5.82 Å². The number of aryl methyl sites for hydroxylation is 1. The Hall–Kier alpha value is -1.45. The predicted octanol–water partition coefficient (Wildman–Crippen LogP) is 4.51. The number of halogens is 2. The highest BCUT2D eigenvalue weighted by molar-refractivity contribution is 6.37. The molecule has 0 fully saturated rings. The Morgan fingerprint density at radius 1 is 1.16 bits per heavy atom. The minimum absolute atomic E-state index is 0.508. The number of pyridine rings is 1. The third-order valence-corrected chi connectivity index (χ3v) is 3.42. The van der Waals surface area contributed by atoms with Crippen LogP contribution in [-0.4, -0.2) is 19.1 Å². The van der Waals surface area contributed by atoms with Crippen LogP contribution in [0.5, 0.6) is 0 Å². The van der Waals surface area contributed by atoms with E-state index in [1.54, 1.807) is 13.1 Å². The van der Waals surface area contributed by atoms with Crippen LogP contribution < -0.4 is 10.2 Å². The van der Waals surface area contributed by atoms with Gasteiger partial charge >= 0.3 is 0 Å². The maximum Gasteiger partial charge on any atom is 0.154 e. The number of aromatic nitrogens is 1. The van der Waals surface area contributed by atoms with Crippen molar-refractivity contribution in [2.75, 3.05) is 24.3 Å². The third-order valence-electron chi connectivity index (χ3n) is 2.85. The number of benzene rings is 1. The fourth-order valence-electron chi connectivity index (χ4n) is 1.83. The number of nitrogens with zero attached hydrogens (tertiary/aromatic N) is 2. The van der Waals surface area contributed by atoms with Crippen LogP contribution in [0.1, 0.15) is 5.56 Å². The molecular weight excluding hydrogens is 281 g/mol. The molecule has 0 aliphatic rings. The van der Waals surface area contributed by atoms with E-state index in [1.165, 1.54) is 5.56 Å². The summed E-state index contributed by atoms with van der Waals surface area (Å²) in [6, 6.07) is 9.84. The van der Waals surface area contributed by atoms with Gasteiger partial charge in [-0.2, -0.15) is 0 Å². The topological polar surface area (TPSA) is 28.2 Å². The van der Waals surface area contributed by atoms with Crippen molar-refractivity contribution in [1.82, 2.24) is 4.98 Å². The Morgan fingerprint density at radius 2 is 1.89 bits per heavy atom. The van der Waals surface area contributed by atoms with Crippen LogP contribution in [0.3, 0.4) is 0 Å². The second-order valence-corrected chi connectivity index (χ2v) is 5.09. The first-order valence-electron chi connectivity index (χ1n) is 5.87. The van der Waals surface area contributed by atoms with Crippen LogP contribution in [0.15, 0.2) is 30.3 Å². The maximum atomic E-state index is 6.23. The standard InChI is InChI=1S/C14H15Cl2N3/c1-9-5-4-6-10(7-9)19(3)14-12(16)8-11(15)13(17-2)18-14/h4-8H,1-3H3,(H,17,18). The molecule has 0 saturated carbocycles. The lowest BCUT2D eigenvalue weighted by molar-refractivity contribution is 1.12. The first kappa shape index (κ1) is 14.0. The molecule has 1 aromatic carbocycles. The van der Waals surface area contributed by atoms with Crippen molar-refractivity contribution in [2.45, 2.75) is 6.92 Å². The van der Waals surface area contributed by atoms with E-state index in [2.05, 4.69) is 16.4 Å². The summed E-state index contributed by atoms with van der Waals surface area (Å²) in [7, 11) is 3.70. The molecule has 0 aliphatic heterocycles. The van der Waals surface area contributed by atoms with E-state index in [0.29, 0.717) is 21.7 Å². The van der Waals surface area contributed by atoms with Crippen molar-refractivity contribution in [1.29, 1.82) is 0 Å². The fraction of sp³-hybridized carbons (Fsp3) is 0.214. The van der Waals surface area contributed by atoms with E-state index < -0.39 is 0 Å². The van der Waals surface area contributed by atoms with Gasteiger partial charge in [-0.25, -0.2) is 4.98 Å². The van der Waals surface area contributed by atoms with Gasteiger partial charge in [-0.1, -0.05) is 35.3 Å². The molecule has 1 N–H and O–H groups in total. The van der Waals surface area contributed by atoms with E-state index in [4.69, 9.17) is 23.2 Å². The Morgan fingerprint density at radius 3 is 2.53 bits per heavy atom. The highest BCUT2D eigenvalue weighted by Crippen LogP contribution is 2.34. The molecule has 0 saturated heterocycles. The lowest BCUT2D eigenvalue weighted by Gasteiger charge is -2.21. The van der Waals surface area contributed by atoms with Gasteiger partial charge < -0.3 is 10.2 Å². The van der Waals surface area contributed by atoms with Crippen molar-refractivity contribution in [2.24, 2.45) is 0 Å². The Labute approximate surface area is 123 Å². The van der Waals surface area contributed by atoms with E-state index >= 15 is 0 Å². The number of rotatable bonds is 3. The average Bonchev–Trinajstić information content (AvgIpc) is 2.38. The molecule has 0 atom stereocenters. The van der Waals surface area contributed by atoms with Crippen molar-refractivity contribution in [3.8, 4) is 0 Å². The zero-order valence-corrected chi connectivity index (χ0v) is 12.5. The quantitative estimate of drug-likeness (QED) is 0.903. The first-order chi connectivity index (χ1) is 9.02. The molecule has 0 spiro atoms. The van der Waals surface area contributed by atoms with Crippen LogP contribution >= 0.6 is 23.2 Å². The minimum Gasteiger partial charge on any atom is -0.372 e. The SMILES string of the molecule is CNc1nc(N(C)c2cccc(C)c2)c(Cl)cc1Cl. The van der Waals surface area contributed by atoms with Crippen molar-refractivity contribution in [3.05, 3.63) is 45.9 Å². The van der Waals surface area contributed by atoms with Crippen LogP contribution in [0, 0.1) is 6.92 Å². The van der Waals surface area contributed by atoms with Gasteiger partial charge in [0.05, 0.1) is 10.0 Å². The molecule has 1 heterocycles. The van der Waals surface area contributed by atoms with Gasteiger partial charge in [0.15, 0.2) is 5.82 Å².